The van der Waals surface area contributed by atoms with Crippen molar-refractivity contribution < 1.29 is 14.6 Å². The Kier molecular flexibility index (Phi) is 3.85. The predicted molar refractivity (Wildman–Crippen MR) is 55.9 cm³/mol. The summed E-state index contributed by atoms with van der Waals surface area (Å²) in [5, 5.41) is 8.60. The van der Waals surface area contributed by atoms with Crippen LogP contribution in [0.15, 0.2) is 30.0 Å². The standard InChI is InChI=1S/C11H13NO3/c1-8(11(13)14)5-7-15-10-4-3-6-12-9(10)2/h3-6H,7H2,1-2H3,(H,13,14). The van der Waals surface area contributed by atoms with E-state index in [-0.39, 0.29) is 12.2 Å². The van der Waals surface area contributed by atoms with Gasteiger partial charge in [0.2, 0.25) is 0 Å². The van der Waals surface area contributed by atoms with Gasteiger partial charge in [0.05, 0.1) is 5.69 Å². The van der Waals surface area contributed by atoms with E-state index in [0.717, 1.165) is 5.69 Å². The molecule has 4 heteroatoms. The Morgan fingerprint density at radius 1 is 1.67 bits per heavy atom. The van der Waals surface area contributed by atoms with Gasteiger partial charge in [-0.2, -0.15) is 0 Å². The molecule has 0 aromatic carbocycles. The lowest BCUT2D eigenvalue weighted by molar-refractivity contribution is -0.132. The minimum atomic E-state index is -0.929. The van der Waals surface area contributed by atoms with Crippen LogP contribution in [0.4, 0.5) is 0 Å². The Hall–Kier alpha value is -1.84. The summed E-state index contributed by atoms with van der Waals surface area (Å²) in [5.41, 5.74) is 1.07. The lowest BCUT2D eigenvalue weighted by Gasteiger charge is -2.05. The molecule has 0 spiro atoms. The summed E-state index contributed by atoms with van der Waals surface area (Å²) in [4.78, 5) is 14.5. The third-order valence-corrected chi connectivity index (χ3v) is 1.92. The first-order valence-corrected chi connectivity index (χ1v) is 4.55. The zero-order valence-electron chi connectivity index (χ0n) is 8.73. The van der Waals surface area contributed by atoms with Crippen molar-refractivity contribution in [3.8, 4) is 5.75 Å². The zero-order chi connectivity index (χ0) is 11.3. The third-order valence-electron chi connectivity index (χ3n) is 1.92. The van der Waals surface area contributed by atoms with Gasteiger partial charge in [0, 0.05) is 11.8 Å². The highest BCUT2D eigenvalue weighted by Crippen LogP contribution is 2.13. The van der Waals surface area contributed by atoms with Crippen molar-refractivity contribution in [2.45, 2.75) is 13.8 Å². The monoisotopic (exact) mass is 207 g/mol. The zero-order valence-corrected chi connectivity index (χ0v) is 8.73. The average Bonchev–Trinajstić information content (AvgIpc) is 2.20. The Morgan fingerprint density at radius 3 is 3.00 bits per heavy atom. The molecule has 80 valence electrons. The van der Waals surface area contributed by atoms with Crippen LogP contribution in [0.2, 0.25) is 0 Å². The molecule has 0 fully saturated rings. The second kappa shape index (κ2) is 5.14. The van der Waals surface area contributed by atoms with Crippen LogP contribution in [-0.4, -0.2) is 22.7 Å². The van der Waals surface area contributed by atoms with Crippen molar-refractivity contribution in [1.29, 1.82) is 0 Å². The minimum absolute atomic E-state index is 0.241. The van der Waals surface area contributed by atoms with Gasteiger partial charge in [0.25, 0.3) is 0 Å². The average molecular weight is 207 g/mol. The van der Waals surface area contributed by atoms with E-state index in [1.54, 1.807) is 18.3 Å². The number of hydrogen-bond acceptors (Lipinski definition) is 3. The maximum Gasteiger partial charge on any atom is 0.331 e. The molecule has 15 heavy (non-hydrogen) atoms. The highest BCUT2D eigenvalue weighted by Gasteiger charge is 2.00. The van der Waals surface area contributed by atoms with Gasteiger partial charge in [-0.25, -0.2) is 4.79 Å². The lowest BCUT2D eigenvalue weighted by Crippen LogP contribution is -2.01. The molecule has 0 bridgehead atoms. The Labute approximate surface area is 88.2 Å². The minimum Gasteiger partial charge on any atom is -0.488 e. The third kappa shape index (κ3) is 3.42. The molecule has 0 atom stereocenters. The van der Waals surface area contributed by atoms with Gasteiger partial charge in [-0.1, -0.05) is 0 Å². The molecular weight excluding hydrogens is 194 g/mol. The van der Waals surface area contributed by atoms with Crippen molar-refractivity contribution in [2.24, 2.45) is 0 Å². The number of pyridine rings is 1. The second-order valence-corrected chi connectivity index (χ2v) is 3.09. The maximum absolute atomic E-state index is 10.5. The number of aryl methyl sites for hydroxylation is 1. The van der Waals surface area contributed by atoms with Crippen molar-refractivity contribution in [3.63, 3.8) is 0 Å². The summed E-state index contributed by atoms with van der Waals surface area (Å²) in [6.45, 7) is 3.61. The fourth-order valence-corrected chi connectivity index (χ4v) is 0.966. The van der Waals surface area contributed by atoms with Crippen LogP contribution in [0, 0.1) is 6.92 Å². The van der Waals surface area contributed by atoms with E-state index in [1.807, 2.05) is 6.92 Å². The number of carboxylic acid groups (broad SMARTS) is 1. The van der Waals surface area contributed by atoms with Gasteiger partial charge in [-0.15, -0.1) is 0 Å². The number of ether oxygens (including phenoxy) is 1. The highest BCUT2D eigenvalue weighted by molar-refractivity contribution is 5.85. The van der Waals surface area contributed by atoms with E-state index < -0.39 is 5.97 Å². The molecule has 1 aromatic rings. The van der Waals surface area contributed by atoms with E-state index in [0.29, 0.717) is 5.75 Å². The molecule has 0 aliphatic heterocycles. The van der Waals surface area contributed by atoms with E-state index in [4.69, 9.17) is 9.84 Å². The molecule has 0 aliphatic rings. The normalized spacial score (nSPS) is 11.2. The Bertz CT molecular complexity index is 385. The fraction of sp³-hybridized carbons (Fsp3) is 0.273. The molecule has 1 heterocycles. The summed E-state index contributed by atoms with van der Waals surface area (Å²) in [6, 6.07) is 3.57. The number of aliphatic carboxylic acids is 1. The molecule has 1 rings (SSSR count). The van der Waals surface area contributed by atoms with Crippen LogP contribution >= 0.6 is 0 Å². The van der Waals surface area contributed by atoms with Crippen molar-refractivity contribution >= 4 is 5.97 Å². The largest absolute Gasteiger partial charge is 0.488 e. The molecular formula is C11H13NO3. The van der Waals surface area contributed by atoms with Crippen LogP contribution in [-0.2, 0) is 4.79 Å². The van der Waals surface area contributed by atoms with Gasteiger partial charge >= 0.3 is 5.97 Å². The maximum atomic E-state index is 10.5. The number of rotatable bonds is 4. The quantitative estimate of drug-likeness (QED) is 0.765. The molecule has 1 aromatic heterocycles. The van der Waals surface area contributed by atoms with Crippen LogP contribution in [0.1, 0.15) is 12.6 Å². The molecule has 0 amide bonds. The lowest BCUT2D eigenvalue weighted by atomic mass is 10.3. The van der Waals surface area contributed by atoms with E-state index in [2.05, 4.69) is 4.98 Å². The van der Waals surface area contributed by atoms with Crippen LogP contribution in [0.25, 0.3) is 0 Å². The molecule has 1 N–H and O–H groups in total. The first kappa shape index (κ1) is 11.2. The predicted octanol–water partition coefficient (Wildman–Crippen LogP) is 1.80. The van der Waals surface area contributed by atoms with Gasteiger partial charge in [0.1, 0.15) is 12.4 Å². The Balaban J connectivity index is 2.55. The molecule has 0 saturated carbocycles. The smallest absolute Gasteiger partial charge is 0.331 e. The summed E-state index contributed by atoms with van der Waals surface area (Å²) in [7, 11) is 0. The van der Waals surface area contributed by atoms with Gasteiger partial charge in [-0.3, -0.25) is 4.98 Å². The van der Waals surface area contributed by atoms with E-state index in [9.17, 15) is 4.79 Å². The molecule has 0 radical (unpaired) electrons. The highest BCUT2D eigenvalue weighted by atomic mass is 16.5. The summed E-state index contributed by atoms with van der Waals surface area (Å²) in [5.74, 6) is -0.256. The van der Waals surface area contributed by atoms with E-state index in [1.165, 1.54) is 13.0 Å². The number of carboxylic acids is 1. The molecule has 0 aliphatic carbocycles. The van der Waals surface area contributed by atoms with Crippen molar-refractivity contribution in [2.75, 3.05) is 6.61 Å². The first-order chi connectivity index (χ1) is 7.11. The molecule has 0 saturated heterocycles. The van der Waals surface area contributed by atoms with E-state index >= 15 is 0 Å². The first-order valence-electron chi connectivity index (χ1n) is 4.55. The van der Waals surface area contributed by atoms with Crippen molar-refractivity contribution in [1.82, 2.24) is 4.98 Å². The molecule has 0 unspecified atom stereocenters. The van der Waals surface area contributed by atoms with Crippen molar-refractivity contribution in [3.05, 3.63) is 35.7 Å². The SMILES string of the molecule is CC(=CCOc1cccnc1C)C(=O)O. The number of aromatic nitrogens is 1. The fourth-order valence-electron chi connectivity index (χ4n) is 0.966. The van der Waals surface area contributed by atoms with Crippen LogP contribution < -0.4 is 4.74 Å². The second-order valence-electron chi connectivity index (χ2n) is 3.09. The van der Waals surface area contributed by atoms with Crippen LogP contribution in [0.3, 0.4) is 0 Å². The van der Waals surface area contributed by atoms with Gasteiger partial charge in [0.15, 0.2) is 0 Å². The van der Waals surface area contributed by atoms with Gasteiger partial charge < -0.3 is 9.84 Å². The summed E-state index contributed by atoms with van der Waals surface area (Å²) in [6.07, 6.45) is 3.20. The molecule has 4 nitrogen and oxygen atoms in total. The summed E-state index contributed by atoms with van der Waals surface area (Å²) < 4.78 is 5.36. The Morgan fingerprint density at radius 2 is 2.40 bits per heavy atom. The summed E-state index contributed by atoms with van der Waals surface area (Å²) >= 11 is 0. The number of nitrogens with zero attached hydrogens (tertiary/aromatic N) is 1. The number of hydrogen-bond donors (Lipinski definition) is 1. The number of carbonyl (C=O) groups is 1. The van der Waals surface area contributed by atoms with Crippen LogP contribution in [0.5, 0.6) is 5.75 Å². The topological polar surface area (TPSA) is 59.4 Å². The van der Waals surface area contributed by atoms with Gasteiger partial charge in [-0.05, 0) is 32.1 Å².